The van der Waals surface area contributed by atoms with Gasteiger partial charge in [0, 0.05) is 17.1 Å². The summed E-state index contributed by atoms with van der Waals surface area (Å²) in [6, 6.07) is 0. The van der Waals surface area contributed by atoms with E-state index in [1.165, 1.54) is 0 Å². The second-order valence-electron chi connectivity index (χ2n) is 0. The summed E-state index contributed by atoms with van der Waals surface area (Å²) in [6.07, 6.45) is 0. The Kier molecular flexibility index (Phi) is 262. The summed E-state index contributed by atoms with van der Waals surface area (Å²) < 4.78 is 7.88. The topological polar surface area (TPSA) is 48.6 Å². The Labute approximate surface area is 42.3 Å². The molecular formula is H2FeNiO2. The van der Waals surface area contributed by atoms with Crippen LogP contribution in [0, 0.1) is 0 Å². The van der Waals surface area contributed by atoms with Gasteiger partial charge < -0.3 is 5.48 Å². The minimum absolute atomic E-state index is 0. The Bertz CT molecular complexity index is 6.00. The van der Waals surface area contributed by atoms with E-state index < -0.39 is 0 Å². The van der Waals surface area contributed by atoms with Crippen LogP contribution in [0.5, 0.6) is 0 Å². The summed E-state index contributed by atoms with van der Waals surface area (Å²) in [4.78, 5) is 0. The third-order valence-electron chi connectivity index (χ3n) is 0. The van der Waals surface area contributed by atoms with E-state index in [1.807, 2.05) is 0 Å². The molecule has 0 saturated heterocycles. The van der Waals surface area contributed by atoms with E-state index >= 15 is 0 Å². The van der Waals surface area contributed by atoms with Gasteiger partial charge in [0.1, 0.15) is 0 Å². The van der Waals surface area contributed by atoms with Crippen LogP contribution in [0.15, 0.2) is 0 Å². The Hall–Kier alpha value is 0.773. The van der Waals surface area contributed by atoms with Gasteiger partial charge in [-0.25, -0.2) is 0 Å². The molecule has 32 valence electrons. The predicted octanol–water partition coefficient (Wildman–Crippen LogP) is -0.949. The van der Waals surface area contributed by atoms with Gasteiger partial charge in [-0.3, -0.25) is 0 Å². The maximum atomic E-state index is 7.88. The maximum absolute atomic E-state index is 7.88. The zero-order valence-electron chi connectivity index (χ0n) is 1.58. The molecule has 0 unspecified atom stereocenters. The number of hydrogen-bond acceptors (Lipinski definition) is 1. The van der Waals surface area contributed by atoms with Crippen molar-refractivity contribution in [1.29, 1.82) is 0 Å². The zero-order valence-corrected chi connectivity index (χ0v) is 3.67. The van der Waals surface area contributed by atoms with Crippen LogP contribution in [0.4, 0.5) is 0 Å². The van der Waals surface area contributed by atoms with Crippen molar-refractivity contribution in [2.24, 2.45) is 0 Å². The summed E-state index contributed by atoms with van der Waals surface area (Å²) in [5, 5.41) is 0. The van der Waals surface area contributed by atoms with Gasteiger partial charge in [0.2, 0.25) is 0 Å². The van der Waals surface area contributed by atoms with Gasteiger partial charge in [0.05, 0.1) is 0 Å². The fourth-order valence-corrected chi connectivity index (χ4v) is 0. The molecule has 0 rings (SSSR count). The molecule has 0 radical (unpaired) electrons. The van der Waals surface area contributed by atoms with E-state index in [4.69, 9.17) is 3.90 Å². The normalized spacial score (nSPS) is 1.50. The fourth-order valence-electron chi connectivity index (χ4n) is 0. The molecule has 0 aromatic carbocycles. The molecule has 0 heterocycles. The van der Waals surface area contributed by atoms with Crippen molar-refractivity contribution in [2.45, 2.75) is 0 Å². The Morgan fingerprint density at radius 2 is 1.25 bits per heavy atom. The quantitative estimate of drug-likeness (QED) is 0.409. The monoisotopic (exact) mass is 148 g/mol. The van der Waals surface area contributed by atoms with Gasteiger partial charge in [-0.2, -0.15) is 0 Å². The van der Waals surface area contributed by atoms with Crippen molar-refractivity contribution in [3.8, 4) is 0 Å². The first kappa shape index (κ1) is 21.6. The van der Waals surface area contributed by atoms with Crippen molar-refractivity contribution < 1.29 is 41.8 Å². The third kappa shape index (κ3) is 14.6. The van der Waals surface area contributed by atoms with Crippen molar-refractivity contribution in [3.05, 3.63) is 0 Å². The second kappa shape index (κ2) is 48.6. The Balaban J connectivity index is -0.00000000500. The van der Waals surface area contributed by atoms with Crippen LogP contribution < -0.4 is 0 Å². The van der Waals surface area contributed by atoms with E-state index in [0.717, 1.165) is 0 Å². The van der Waals surface area contributed by atoms with E-state index in [1.54, 1.807) is 0 Å². The molecule has 0 aliphatic heterocycles. The fraction of sp³-hybridized carbons (Fsp3) is 0. The molecule has 0 amide bonds. The molecular weight excluding hydrogens is 147 g/mol. The molecule has 2 nitrogen and oxygen atoms in total. The number of hydrogen-bond donors (Lipinski definition) is 0. The first-order valence-corrected chi connectivity index (χ1v) is 0.532. The first-order valence-electron chi connectivity index (χ1n) is 0.129. The van der Waals surface area contributed by atoms with Gasteiger partial charge in [-0.15, -0.1) is 0 Å². The van der Waals surface area contributed by atoms with E-state index in [0.29, 0.717) is 0 Å². The first-order chi connectivity index (χ1) is 1.00. The van der Waals surface area contributed by atoms with Gasteiger partial charge in [0.15, 0.2) is 0 Å². The molecule has 0 spiro atoms. The summed E-state index contributed by atoms with van der Waals surface area (Å²) in [6.45, 7) is 0. The predicted molar refractivity (Wildman–Crippen MR) is 4.30 cm³/mol. The molecule has 0 saturated carbocycles. The average Bonchev–Trinajstić information content (AvgIpc) is 1.00. The molecule has 4 heavy (non-hydrogen) atoms. The van der Waals surface area contributed by atoms with Gasteiger partial charge in [-0.1, -0.05) is 0 Å². The summed E-state index contributed by atoms with van der Waals surface area (Å²) >= 11 is 2.62. The molecule has 4 heteroatoms. The van der Waals surface area contributed by atoms with E-state index in [2.05, 4.69) is 15.4 Å². The Morgan fingerprint density at radius 1 is 1.25 bits per heavy atom. The third-order valence-corrected chi connectivity index (χ3v) is 0. The molecule has 0 fully saturated rings. The van der Waals surface area contributed by atoms with Crippen molar-refractivity contribution in [1.82, 2.24) is 0 Å². The van der Waals surface area contributed by atoms with Gasteiger partial charge >= 0.3 is 19.3 Å². The van der Waals surface area contributed by atoms with Crippen LogP contribution in [-0.2, 0) is 36.4 Å². The van der Waals surface area contributed by atoms with Crippen molar-refractivity contribution in [3.63, 3.8) is 0 Å². The molecule has 0 atom stereocenters. The molecule has 0 aromatic rings. The zero-order chi connectivity index (χ0) is 2.00. The average molecular weight is 149 g/mol. The van der Waals surface area contributed by atoms with Crippen LogP contribution in [0.2, 0.25) is 0 Å². The Morgan fingerprint density at radius 3 is 1.25 bits per heavy atom. The summed E-state index contributed by atoms with van der Waals surface area (Å²) in [7, 11) is 0. The van der Waals surface area contributed by atoms with Crippen LogP contribution >= 0.6 is 0 Å². The molecule has 0 aliphatic carbocycles. The van der Waals surface area contributed by atoms with E-state index in [-0.39, 0.29) is 22.5 Å². The summed E-state index contributed by atoms with van der Waals surface area (Å²) in [5.41, 5.74) is 0. The minimum atomic E-state index is 0. The van der Waals surface area contributed by atoms with Crippen molar-refractivity contribution >= 4 is 0 Å². The number of rotatable bonds is 0. The van der Waals surface area contributed by atoms with Crippen LogP contribution in [-0.4, -0.2) is 5.48 Å². The SMILES string of the molecule is O.[Fe].[O]=[Ni]. The van der Waals surface area contributed by atoms with Gasteiger partial charge in [0.25, 0.3) is 0 Å². The van der Waals surface area contributed by atoms with E-state index in [9.17, 15) is 0 Å². The van der Waals surface area contributed by atoms with Crippen LogP contribution in [0.3, 0.4) is 0 Å². The molecule has 2 N–H and O–H groups in total. The van der Waals surface area contributed by atoms with Crippen molar-refractivity contribution in [2.75, 3.05) is 0 Å². The standard InChI is InChI=1S/Fe.Ni.H2O.O/h;;1H2;. The summed E-state index contributed by atoms with van der Waals surface area (Å²) in [5.74, 6) is 0. The van der Waals surface area contributed by atoms with Crippen LogP contribution in [0.25, 0.3) is 0 Å². The molecule has 0 bridgehead atoms. The van der Waals surface area contributed by atoms with Gasteiger partial charge in [-0.05, 0) is 0 Å². The molecule has 0 aliphatic rings. The van der Waals surface area contributed by atoms with Crippen LogP contribution in [0.1, 0.15) is 0 Å². The molecule has 0 aromatic heterocycles. The second-order valence-corrected chi connectivity index (χ2v) is 0.